The van der Waals surface area contributed by atoms with Gasteiger partial charge < -0.3 is 10.2 Å². The van der Waals surface area contributed by atoms with E-state index >= 15 is 0 Å². The highest BCUT2D eigenvalue weighted by atomic mass is 16.2. The average Bonchev–Trinajstić information content (AvgIpc) is 2.87. The topological polar surface area (TPSA) is 50.2 Å². The summed E-state index contributed by atoms with van der Waals surface area (Å²) in [4.78, 5) is 14.1. The Labute approximate surface area is 118 Å². The molecule has 1 aromatic carbocycles. The second-order valence-corrected chi connectivity index (χ2v) is 4.92. The molecule has 3 rings (SSSR count). The maximum atomic E-state index is 12.3. The molecule has 0 saturated heterocycles. The first kappa shape index (κ1) is 12.9. The summed E-state index contributed by atoms with van der Waals surface area (Å²) in [6, 6.07) is 8.04. The summed E-state index contributed by atoms with van der Waals surface area (Å²) in [7, 11) is 0. The summed E-state index contributed by atoms with van der Waals surface area (Å²) in [5.41, 5.74) is 3.20. The number of nitrogens with one attached hydrogen (secondary N) is 1. The Balaban J connectivity index is 1.91. The van der Waals surface area contributed by atoms with Crippen LogP contribution in [0.5, 0.6) is 0 Å². The van der Waals surface area contributed by atoms with E-state index in [4.69, 9.17) is 0 Å². The van der Waals surface area contributed by atoms with Crippen LogP contribution in [0.25, 0.3) is 0 Å². The lowest BCUT2D eigenvalue weighted by Crippen LogP contribution is -2.34. The van der Waals surface area contributed by atoms with Gasteiger partial charge in [-0.15, -0.1) is 0 Å². The molecule has 1 aromatic heterocycles. The van der Waals surface area contributed by atoms with Gasteiger partial charge in [-0.1, -0.05) is 18.2 Å². The Hall–Kier alpha value is -2.14. The lowest BCUT2D eigenvalue weighted by Gasteiger charge is -2.21. The van der Waals surface area contributed by atoms with Crippen LogP contribution in [0.2, 0.25) is 0 Å². The molecule has 0 bridgehead atoms. The van der Waals surface area contributed by atoms with Crippen LogP contribution in [-0.4, -0.2) is 22.2 Å². The lowest BCUT2D eigenvalue weighted by molar-refractivity contribution is -0.117. The number of carbonyl (C=O) groups is 1. The third-order valence-electron chi connectivity index (χ3n) is 3.53. The molecule has 104 valence electrons. The molecule has 1 amide bonds. The predicted molar refractivity (Wildman–Crippen MR) is 77.2 cm³/mol. The van der Waals surface area contributed by atoms with Gasteiger partial charge in [-0.25, -0.2) is 0 Å². The van der Waals surface area contributed by atoms with Crippen molar-refractivity contribution in [2.24, 2.45) is 0 Å². The SMILES string of the molecule is CCn1cc(CN2C(=O)CNCc3ccccc32)cn1. The third kappa shape index (κ3) is 2.44. The van der Waals surface area contributed by atoms with Crippen molar-refractivity contribution in [2.45, 2.75) is 26.6 Å². The van der Waals surface area contributed by atoms with Crippen molar-refractivity contribution in [2.75, 3.05) is 11.4 Å². The van der Waals surface area contributed by atoms with Gasteiger partial charge in [0.05, 0.1) is 19.3 Å². The third-order valence-corrected chi connectivity index (χ3v) is 3.53. The molecule has 1 aliphatic rings. The number of aromatic nitrogens is 2. The van der Waals surface area contributed by atoms with Gasteiger partial charge in [-0.2, -0.15) is 5.10 Å². The molecule has 0 aliphatic carbocycles. The van der Waals surface area contributed by atoms with E-state index in [0.29, 0.717) is 13.1 Å². The number of anilines is 1. The van der Waals surface area contributed by atoms with Crippen molar-refractivity contribution in [3.63, 3.8) is 0 Å². The maximum Gasteiger partial charge on any atom is 0.241 e. The van der Waals surface area contributed by atoms with E-state index < -0.39 is 0 Å². The minimum Gasteiger partial charge on any atom is -0.306 e. The van der Waals surface area contributed by atoms with Gasteiger partial charge in [0.15, 0.2) is 0 Å². The number of benzene rings is 1. The fourth-order valence-electron chi connectivity index (χ4n) is 2.47. The zero-order chi connectivity index (χ0) is 13.9. The van der Waals surface area contributed by atoms with E-state index in [1.54, 1.807) is 0 Å². The van der Waals surface area contributed by atoms with Crippen molar-refractivity contribution in [3.05, 3.63) is 47.8 Å². The van der Waals surface area contributed by atoms with Gasteiger partial charge in [0.25, 0.3) is 0 Å². The zero-order valence-electron chi connectivity index (χ0n) is 11.5. The van der Waals surface area contributed by atoms with Gasteiger partial charge in [0.2, 0.25) is 5.91 Å². The van der Waals surface area contributed by atoms with Gasteiger partial charge in [0.1, 0.15) is 0 Å². The summed E-state index contributed by atoms with van der Waals surface area (Å²) < 4.78 is 1.88. The van der Waals surface area contributed by atoms with Crippen LogP contribution in [0.4, 0.5) is 5.69 Å². The average molecular weight is 270 g/mol. The summed E-state index contributed by atoms with van der Waals surface area (Å²) >= 11 is 0. The Kier molecular flexibility index (Phi) is 3.52. The molecule has 0 unspecified atom stereocenters. The first-order chi connectivity index (χ1) is 9.78. The van der Waals surface area contributed by atoms with Crippen LogP contribution < -0.4 is 10.2 Å². The van der Waals surface area contributed by atoms with Crippen LogP contribution in [-0.2, 0) is 24.4 Å². The van der Waals surface area contributed by atoms with Gasteiger partial charge in [-0.3, -0.25) is 9.48 Å². The molecule has 0 radical (unpaired) electrons. The molecule has 0 fully saturated rings. The zero-order valence-corrected chi connectivity index (χ0v) is 11.5. The molecule has 5 nitrogen and oxygen atoms in total. The fraction of sp³-hybridized carbons (Fsp3) is 0.333. The largest absolute Gasteiger partial charge is 0.306 e. The molecule has 2 heterocycles. The molecule has 1 aliphatic heterocycles. The molecule has 2 aromatic rings. The minimum absolute atomic E-state index is 0.0965. The lowest BCUT2D eigenvalue weighted by atomic mass is 10.1. The molecular weight excluding hydrogens is 252 g/mol. The van der Waals surface area contributed by atoms with Crippen molar-refractivity contribution < 1.29 is 4.79 Å². The number of hydrogen-bond donors (Lipinski definition) is 1. The van der Waals surface area contributed by atoms with Crippen molar-refractivity contribution in [1.29, 1.82) is 0 Å². The monoisotopic (exact) mass is 270 g/mol. The van der Waals surface area contributed by atoms with E-state index in [9.17, 15) is 4.79 Å². The molecule has 0 atom stereocenters. The minimum atomic E-state index is 0.0965. The summed E-state index contributed by atoms with van der Waals surface area (Å²) in [5.74, 6) is 0.0965. The van der Waals surface area contributed by atoms with Crippen LogP contribution in [0, 0.1) is 0 Å². The standard InChI is InChI=1S/C15H18N4O/c1-2-18-10-12(7-17-18)11-19-14-6-4-3-5-13(14)8-16-9-15(19)20/h3-7,10,16H,2,8-9,11H2,1H3. The maximum absolute atomic E-state index is 12.3. The van der Waals surface area contributed by atoms with Crippen molar-refractivity contribution >= 4 is 11.6 Å². The van der Waals surface area contributed by atoms with Gasteiger partial charge in [-0.05, 0) is 18.6 Å². The smallest absolute Gasteiger partial charge is 0.241 e. The number of hydrogen-bond acceptors (Lipinski definition) is 3. The Morgan fingerprint density at radius 3 is 2.95 bits per heavy atom. The number of fused-ring (bicyclic) bond motifs is 1. The normalized spacial score (nSPS) is 15.1. The number of carbonyl (C=O) groups excluding carboxylic acids is 1. The second kappa shape index (κ2) is 5.46. The van der Waals surface area contributed by atoms with Crippen LogP contribution in [0.3, 0.4) is 0 Å². The number of nitrogens with zero attached hydrogens (tertiary/aromatic N) is 3. The van der Waals surface area contributed by atoms with E-state index in [1.165, 1.54) is 0 Å². The molecule has 20 heavy (non-hydrogen) atoms. The number of rotatable bonds is 3. The Bertz CT molecular complexity index is 620. The van der Waals surface area contributed by atoms with Crippen LogP contribution in [0.15, 0.2) is 36.7 Å². The van der Waals surface area contributed by atoms with Crippen molar-refractivity contribution in [1.82, 2.24) is 15.1 Å². The molecule has 1 N–H and O–H groups in total. The summed E-state index contributed by atoms with van der Waals surface area (Å²) in [5, 5.41) is 7.44. The summed E-state index contributed by atoms with van der Waals surface area (Å²) in [6.07, 6.45) is 3.83. The van der Waals surface area contributed by atoms with Crippen molar-refractivity contribution in [3.8, 4) is 0 Å². The molecular formula is C15H18N4O. The molecule has 5 heteroatoms. The number of para-hydroxylation sites is 1. The van der Waals surface area contributed by atoms with Crippen LogP contribution in [0.1, 0.15) is 18.1 Å². The van der Waals surface area contributed by atoms with Crippen LogP contribution >= 0.6 is 0 Å². The highest BCUT2D eigenvalue weighted by Gasteiger charge is 2.22. The first-order valence-electron chi connectivity index (χ1n) is 6.88. The van der Waals surface area contributed by atoms with E-state index in [0.717, 1.165) is 29.9 Å². The van der Waals surface area contributed by atoms with Gasteiger partial charge in [0, 0.05) is 30.5 Å². The molecule has 0 spiro atoms. The van der Waals surface area contributed by atoms with E-state index in [-0.39, 0.29) is 5.91 Å². The molecule has 0 saturated carbocycles. The first-order valence-corrected chi connectivity index (χ1v) is 6.88. The number of amides is 1. The fourth-order valence-corrected chi connectivity index (χ4v) is 2.47. The predicted octanol–water partition coefficient (Wildman–Crippen LogP) is 1.54. The van der Waals surface area contributed by atoms with E-state index in [1.807, 2.05) is 47.1 Å². The van der Waals surface area contributed by atoms with E-state index in [2.05, 4.69) is 16.5 Å². The Morgan fingerprint density at radius 2 is 2.15 bits per heavy atom. The Morgan fingerprint density at radius 1 is 1.30 bits per heavy atom. The van der Waals surface area contributed by atoms with Gasteiger partial charge >= 0.3 is 0 Å². The highest BCUT2D eigenvalue weighted by molar-refractivity contribution is 5.96. The quantitative estimate of drug-likeness (QED) is 0.920. The highest BCUT2D eigenvalue weighted by Crippen LogP contribution is 2.24. The second-order valence-electron chi connectivity index (χ2n) is 4.92. The summed E-state index contributed by atoms with van der Waals surface area (Å²) in [6.45, 7) is 4.56. The number of aryl methyl sites for hydroxylation is 1.